The van der Waals surface area contributed by atoms with E-state index in [1.165, 1.54) is 18.2 Å². The zero-order chi connectivity index (χ0) is 15.5. The number of carboxylic acid groups (broad SMARTS) is 1. The Bertz CT molecular complexity index is 522. The summed E-state index contributed by atoms with van der Waals surface area (Å²) in [5.41, 5.74) is -0.291. The topological polar surface area (TPSA) is 75.6 Å². The third-order valence-electron chi connectivity index (χ3n) is 2.35. The van der Waals surface area contributed by atoms with Crippen molar-refractivity contribution in [3.05, 3.63) is 28.8 Å². The Kier molecular flexibility index (Phi) is 5.00. The summed E-state index contributed by atoms with van der Waals surface area (Å²) in [6.45, 7) is 7.20. The van der Waals surface area contributed by atoms with Crippen molar-refractivity contribution in [1.82, 2.24) is 5.32 Å². The van der Waals surface area contributed by atoms with Crippen molar-refractivity contribution in [2.24, 2.45) is 0 Å². The Hall–Kier alpha value is -1.75. The number of ether oxygens (including phenoxy) is 1. The fourth-order valence-corrected chi connectivity index (χ4v) is 1.67. The molecule has 1 aromatic carbocycles. The molecule has 2 N–H and O–H groups in total. The van der Waals surface area contributed by atoms with E-state index in [0.29, 0.717) is 0 Å². The van der Waals surface area contributed by atoms with E-state index in [4.69, 9.17) is 21.4 Å². The highest BCUT2D eigenvalue weighted by Crippen LogP contribution is 2.26. The summed E-state index contributed by atoms with van der Waals surface area (Å²) in [4.78, 5) is 22.7. The summed E-state index contributed by atoms with van der Waals surface area (Å²) in [6.07, 6.45) is -0.734. The summed E-state index contributed by atoms with van der Waals surface area (Å²) in [7, 11) is 0. The lowest BCUT2D eigenvalue weighted by Crippen LogP contribution is -2.46. The van der Waals surface area contributed by atoms with Crippen LogP contribution in [0.3, 0.4) is 0 Å². The average molecular weight is 300 g/mol. The predicted octanol–water partition coefficient (Wildman–Crippen LogP) is 2.72. The van der Waals surface area contributed by atoms with E-state index < -0.39 is 12.1 Å². The quantitative estimate of drug-likeness (QED) is 0.896. The number of hydrogen-bond donors (Lipinski definition) is 2. The molecular formula is C14H18ClNO4. The van der Waals surface area contributed by atoms with Crippen LogP contribution in [0, 0.1) is 0 Å². The number of nitrogens with one attached hydrogen (secondary N) is 1. The molecular weight excluding hydrogens is 282 g/mol. The lowest BCUT2D eigenvalue weighted by molar-refractivity contribution is -0.128. The number of rotatable bonds is 4. The molecule has 1 aromatic rings. The van der Waals surface area contributed by atoms with Gasteiger partial charge >= 0.3 is 5.97 Å². The number of benzene rings is 1. The third-order valence-corrected chi connectivity index (χ3v) is 2.65. The van der Waals surface area contributed by atoms with Crippen LogP contribution in [0.15, 0.2) is 18.2 Å². The smallest absolute Gasteiger partial charge is 0.335 e. The SMILES string of the molecule is CC(Oc1ccc(C(=O)O)cc1Cl)C(=O)NC(C)(C)C. The van der Waals surface area contributed by atoms with Crippen molar-refractivity contribution < 1.29 is 19.4 Å². The first-order chi connectivity index (χ1) is 9.10. The van der Waals surface area contributed by atoms with Gasteiger partial charge in [-0.25, -0.2) is 4.79 Å². The number of carboxylic acids is 1. The molecule has 0 fully saturated rings. The Morgan fingerprint density at radius 3 is 2.40 bits per heavy atom. The molecule has 0 bridgehead atoms. The lowest BCUT2D eigenvalue weighted by atomic mass is 10.1. The van der Waals surface area contributed by atoms with E-state index in [2.05, 4.69) is 5.32 Å². The van der Waals surface area contributed by atoms with Gasteiger partial charge in [-0.05, 0) is 45.9 Å². The van der Waals surface area contributed by atoms with Crippen LogP contribution in [0.25, 0.3) is 0 Å². The van der Waals surface area contributed by atoms with Crippen LogP contribution in [0.4, 0.5) is 0 Å². The van der Waals surface area contributed by atoms with Gasteiger partial charge in [0.05, 0.1) is 10.6 Å². The van der Waals surface area contributed by atoms with Gasteiger partial charge < -0.3 is 15.2 Å². The van der Waals surface area contributed by atoms with Crippen molar-refractivity contribution in [2.75, 3.05) is 0 Å². The Morgan fingerprint density at radius 1 is 1.35 bits per heavy atom. The van der Waals surface area contributed by atoms with Crippen LogP contribution in [-0.4, -0.2) is 28.6 Å². The van der Waals surface area contributed by atoms with Crippen LogP contribution in [-0.2, 0) is 4.79 Å². The van der Waals surface area contributed by atoms with Gasteiger partial charge in [-0.3, -0.25) is 4.79 Å². The van der Waals surface area contributed by atoms with Gasteiger partial charge in [-0.15, -0.1) is 0 Å². The molecule has 0 radical (unpaired) electrons. The van der Waals surface area contributed by atoms with Crippen molar-refractivity contribution in [3.63, 3.8) is 0 Å². The van der Waals surface area contributed by atoms with Gasteiger partial charge in [0.15, 0.2) is 6.10 Å². The second kappa shape index (κ2) is 6.13. The van der Waals surface area contributed by atoms with Crippen molar-refractivity contribution >= 4 is 23.5 Å². The molecule has 6 heteroatoms. The molecule has 0 aliphatic carbocycles. The van der Waals surface area contributed by atoms with Crippen LogP contribution in [0.2, 0.25) is 5.02 Å². The van der Waals surface area contributed by atoms with Crippen LogP contribution in [0.1, 0.15) is 38.1 Å². The van der Waals surface area contributed by atoms with Crippen LogP contribution < -0.4 is 10.1 Å². The standard InChI is InChI=1S/C14H18ClNO4/c1-8(12(17)16-14(2,3)4)20-11-6-5-9(13(18)19)7-10(11)15/h5-8H,1-4H3,(H,16,17)(H,18,19). The predicted molar refractivity (Wildman–Crippen MR) is 76.4 cm³/mol. The minimum Gasteiger partial charge on any atom is -0.479 e. The normalized spacial score (nSPS) is 12.7. The molecule has 5 nitrogen and oxygen atoms in total. The minimum absolute atomic E-state index is 0.0640. The molecule has 1 unspecified atom stereocenters. The molecule has 0 aliphatic rings. The fourth-order valence-electron chi connectivity index (χ4n) is 1.44. The van der Waals surface area contributed by atoms with E-state index in [-0.39, 0.29) is 27.8 Å². The number of carbonyl (C=O) groups is 2. The third kappa shape index (κ3) is 4.74. The van der Waals surface area contributed by atoms with E-state index in [9.17, 15) is 9.59 Å². The van der Waals surface area contributed by atoms with E-state index in [1.54, 1.807) is 6.92 Å². The lowest BCUT2D eigenvalue weighted by Gasteiger charge is -2.23. The summed E-state index contributed by atoms with van der Waals surface area (Å²) in [5.74, 6) is -1.07. The van der Waals surface area contributed by atoms with Gasteiger partial charge in [-0.2, -0.15) is 0 Å². The van der Waals surface area contributed by atoms with Gasteiger partial charge in [-0.1, -0.05) is 11.6 Å². The summed E-state index contributed by atoms with van der Waals surface area (Å²) in [5, 5.41) is 11.8. The van der Waals surface area contributed by atoms with Crippen molar-refractivity contribution in [3.8, 4) is 5.75 Å². The summed E-state index contributed by atoms with van der Waals surface area (Å²) in [6, 6.07) is 4.10. The molecule has 0 aliphatic heterocycles. The van der Waals surface area contributed by atoms with Gasteiger partial charge in [0.25, 0.3) is 5.91 Å². The number of halogens is 1. The Balaban J connectivity index is 2.78. The molecule has 0 saturated carbocycles. The minimum atomic E-state index is -1.07. The maximum atomic E-state index is 11.9. The zero-order valence-electron chi connectivity index (χ0n) is 11.9. The highest BCUT2D eigenvalue weighted by Gasteiger charge is 2.21. The van der Waals surface area contributed by atoms with E-state index >= 15 is 0 Å². The highest BCUT2D eigenvalue weighted by atomic mass is 35.5. The molecule has 20 heavy (non-hydrogen) atoms. The molecule has 1 amide bonds. The second-order valence-corrected chi connectivity index (χ2v) is 5.86. The monoisotopic (exact) mass is 299 g/mol. The summed E-state index contributed by atoms with van der Waals surface area (Å²) >= 11 is 5.94. The summed E-state index contributed by atoms with van der Waals surface area (Å²) < 4.78 is 5.45. The zero-order valence-corrected chi connectivity index (χ0v) is 12.6. The maximum Gasteiger partial charge on any atom is 0.335 e. The van der Waals surface area contributed by atoms with Crippen molar-refractivity contribution in [2.45, 2.75) is 39.3 Å². The molecule has 0 saturated heterocycles. The number of hydrogen-bond acceptors (Lipinski definition) is 3. The van der Waals surface area contributed by atoms with Crippen LogP contribution in [0.5, 0.6) is 5.75 Å². The van der Waals surface area contributed by atoms with E-state index in [0.717, 1.165) is 0 Å². The molecule has 1 rings (SSSR count). The number of aromatic carboxylic acids is 1. The van der Waals surface area contributed by atoms with Gasteiger partial charge in [0, 0.05) is 5.54 Å². The molecule has 0 spiro atoms. The van der Waals surface area contributed by atoms with Crippen molar-refractivity contribution in [1.29, 1.82) is 0 Å². The molecule has 110 valence electrons. The Morgan fingerprint density at radius 2 is 1.95 bits per heavy atom. The fraction of sp³-hybridized carbons (Fsp3) is 0.429. The first kappa shape index (κ1) is 16.3. The molecule has 1 atom stereocenters. The largest absolute Gasteiger partial charge is 0.479 e. The Labute approximate surface area is 122 Å². The number of amides is 1. The highest BCUT2D eigenvalue weighted by molar-refractivity contribution is 6.32. The van der Waals surface area contributed by atoms with E-state index in [1.807, 2.05) is 20.8 Å². The molecule has 0 aromatic heterocycles. The van der Waals surface area contributed by atoms with Gasteiger partial charge in [0.2, 0.25) is 0 Å². The molecule has 0 heterocycles. The average Bonchev–Trinajstić information content (AvgIpc) is 2.29. The first-order valence-electron chi connectivity index (χ1n) is 6.11. The van der Waals surface area contributed by atoms with Crippen LogP contribution >= 0.6 is 11.6 Å². The first-order valence-corrected chi connectivity index (χ1v) is 6.49. The second-order valence-electron chi connectivity index (χ2n) is 5.45. The maximum absolute atomic E-state index is 11.9. The van der Waals surface area contributed by atoms with Gasteiger partial charge in [0.1, 0.15) is 5.75 Å². The number of carbonyl (C=O) groups excluding carboxylic acids is 1.